The molecule has 0 spiro atoms. The van der Waals surface area contributed by atoms with Crippen LogP contribution in [0.15, 0.2) is 100 Å². The Morgan fingerprint density at radius 1 is 0.902 bits per heavy atom. The SMILES string of the molecule is Cn1c(=O)n2n(c1=O)[C@@H]1C[C@H]3C(=O)N(c4cccc(Cl)c4)C(=O)[C@@]3(c3ccccc3)[C@@H](c3cccc(O)c3)C1=CC2. The van der Waals surface area contributed by atoms with Gasteiger partial charge in [0.15, 0.2) is 0 Å². The molecule has 41 heavy (non-hydrogen) atoms. The Hall–Kier alpha value is -4.63. The molecule has 3 heterocycles. The topological polar surface area (TPSA) is 107 Å². The average molecular weight is 569 g/mol. The second-order valence-corrected chi connectivity index (χ2v) is 11.2. The van der Waals surface area contributed by atoms with Gasteiger partial charge in [0.2, 0.25) is 11.8 Å². The van der Waals surface area contributed by atoms with Crippen molar-refractivity contribution in [3.8, 4) is 5.75 Å². The second-order valence-electron chi connectivity index (χ2n) is 10.8. The molecule has 9 nitrogen and oxygen atoms in total. The smallest absolute Gasteiger partial charge is 0.347 e. The van der Waals surface area contributed by atoms with E-state index in [1.54, 1.807) is 42.5 Å². The van der Waals surface area contributed by atoms with Crippen LogP contribution < -0.4 is 16.3 Å². The molecule has 206 valence electrons. The zero-order chi connectivity index (χ0) is 28.6. The van der Waals surface area contributed by atoms with Crippen molar-refractivity contribution in [2.45, 2.75) is 30.3 Å². The van der Waals surface area contributed by atoms with Gasteiger partial charge in [0.25, 0.3) is 0 Å². The Kier molecular flexibility index (Phi) is 5.53. The van der Waals surface area contributed by atoms with E-state index < -0.39 is 46.5 Å². The summed E-state index contributed by atoms with van der Waals surface area (Å²) in [6.07, 6.45) is 2.02. The summed E-state index contributed by atoms with van der Waals surface area (Å²) in [4.78, 5) is 56.9. The van der Waals surface area contributed by atoms with Crippen LogP contribution in [0.3, 0.4) is 0 Å². The standard InChI is InChI=1S/C31H25ClN4O5/c1-33-29(40)34-14-13-23-25(36(34)30(33)41)17-24-27(38)35(21-11-6-10-20(32)16-21)28(39)31(24,19-8-3-2-4-9-19)26(23)18-7-5-12-22(37)15-18/h2-13,15-16,24-26,37H,14,17H2,1H3/t24-,25+,26-,31+/m0/s1. The number of hydrogen-bond acceptors (Lipinski definition) is 5. The fourth-order valence-corrected chi connectivity index (χ4v) is 7.38. The monoisotopic (exact) mass is 568 g/mol. The molecule has 0 unspecified atom stereocenters. The van der Waals surface area contributed by atoms with Gasteiger partial charge in [-0.25, -0.2) is 28.4 Å². The minimum atomic E-state index is -1.39. The van der Waals surface area contributed by atoms with E-state index in [-0.39, 0.29) is 18.7 Å². The number of anilines is 1. The van der Waals surface area contributed by atoms with Crippen molar-refractivity contribution in [3.05, 3.63) is 128 Å². The van der Waals surface area contributed by atoms with Crippen molar-refractivity contribution in [3.63, 3.8) is 0 Å². The molecular weight excluding hydrogens is 544 g/mol. The van der Waals surface area contributed by atoms with Gasteiger partial charge >= 0.3 is 11.4 Å². The molecule has 1 saturated carbocycles. The van der Waals surface area contributed by atoms with Crippen molar-refractivity contribution in [2.75, 3.05) is 4.90 Å². The highest BCUT2D eigenvalue weighted by molar-refractivity contribution is 6.32. The van der Waals surface area contributed by atoms with Gasteiger partial charge in [-0.2, -0.15) is 0 Å². The number of carbonyl (C=O) groups excluding carboxylic acids is 2. The van der Waals surface area contributed by atoms with Gasteiger partial charge in [-0.1, -0.05) is 66.2 Å². The van der Waals surface area contributed by atoms with E-state index in [4.69, 9.17) is 11.6 Å². The molecular formula is C31H25ClN4O5. The van der Waals surface area contributed by atoms with Crippen molar-refractivity contribution < 1.29 is 14.7 Å². The van der Waals surface area contributed by atoms with E-state index in [0.717, 1.165) is 10.1 Å². The Morgan fingerprint density at radius 2 is 1.66 bits per heavy atom. The van der Waals surface area contributed by atoms with Crippen LogP contribution >= 0.6 is 11.6 Å². The molecule has 0 radical (unpaired) electrons. The number of fused-ring (bicyclic) bond motifs is 4. The lowest BCUT2D eigenvalue weighted by Crippen LogP contribution is -2.53. The van der Waals surface area contributed by atoms with Crippen LogP contribution in [0.25, 0.3) is 0 Å². The summed E-state index contributed by atoms with van der Waals surface area (Å²) in [7, 11) is 1.43. The summed E-state index contributed by atoms with van der Waals surface area (Å²) in [5.74, 6) is -2.42. The van der Waals surface area contributed by atoms with Gasteiger partial charge in [-0.05, 0) is 53.5 Å². The number of amides is 2. The molecule has 10 heteroatoms. The first kappa shape index (κ1) is 25.3. The lowest BCUT2D eigenvalue weighted by atomic mass is 9.53. The van der Waals surface area contributed by atoms with Crippen LogP contribution in [0.4, 0.5) is 5.69 Å². The molecule has 4 aromatic rings. The number of phenolic OH excluding ortho intramolecular Hbond substituents is 1. The number of hydrogen-bond donors (Lipinski definition) is 1. The number of imide groups is 1. The number of benzene rings is 3. The summed E-state index contributed by atoms with van der Waals surface area (Å²) in [5, 5.41) is 10.9. The van der Waals surface area contributed by atoms with Crippen LogP contribution in [-0.4, -0.2) is 30.9 Å². The van der Waals surface area contributed by atoms with Crippen molar-refractivity contribution in [1.29, 1.82) is 0 Å². The lowest BCUT2D eigenvalue weighted by Gasteiger charge is -2.49. The van der Waals surface area contributed by atoms with Gasteiger partial charge in [0.1, 0.15) is 5.75 Å². The zero-order valence-electron chi connectivity index (χ0n) is 22.0. The average Bonchev–Trinajstić information content (AvgIpc) is 3.34. The van der Waals surface area contributed by atoms with Gasteiger partial charge in [-0.3, -0.25) is 9.59 Å². The Balaban J connectivity index is 1.56. The third-order valence-electron chi connectivity index (χ3n) is 8.82. The summed E-state index contributed by atoms with van der Waals surface area (Å²) >= 11 is 6.30. The molecule has 2 amide bonds. The number of allylic oxidation sites excluding steroid dienone is 2. The fraction of sp³-hybridized carbons (Fsp3) is 0.226. The molecule has 7 rings (SSSR count). The van der Waals surface area contributed by atoms with Gasteiger partial charge in [-0.15, -0.1) is 0 Å². The minimum Gasteiger partial charge on any atom is -0.508 e. The van der Waals surface area contributed by atoms with Crippen LogP contribution in [0.2, 0.25) is 5.02 Å². The van der Waals surface area contributed by atoms with Crippen LogP contribution in [0.1, 0.15) is 29.5 Å². The van der Waals surface area contributed by atoms with Crippen molar-refractivity contribution in [2.24, 2.45) is 13.0 Å². The quantitative estimate of drug-likeness (QED) is 0.301. The Morgan fingerprint density at radius 3 is 2.39 bits per heavy atom. The second kappa shape index (κ2) is 8.94. The number of carbonyl (C=O) groups is 2. The molecule has 2 aliphatic heterocycles. The summed E-state index contributed by atoms with van der Waals surface area (Å²) in [6.45, 7) is 0.131. The number of nitrogens with zero attached hydrogens (tertiary/aromatic N) is 4. The van der Waals surface area contributed by atoms with E-state index in [1.165, 1.54) is 21.3 Å². The van der Waals surface area contributed by atoms with E-state index >= 15 is 0 Å². The number of rotatable bonds is 3. The van der Waals surface area contributed by atoms with E-state index in [2.05, 4.69) is 0 Å². The maximum atomic E-state index is 14.9. The first-order valence-electron chi connectivity index (χ1n) is 13.3. The molecule has 1 aliphatic carbocycles. The molecule has 0 bridgehead atoms. The number of aromatic hydroxyl groups is 1. The fourth-order valence-electron chi connectivity index (χ4n) is 7.19. The van der Waals surface area contributed by atoms with Crippen molar-refractivity contribution in [1.82, 2.24) is 13.9 Å². The van der Waals surface area contributed by atoms with Crippen LogP contribution in [0.5, 0.6) is 5.75 Å². The predicted molar refractivity (Wildman–Crippen MR) is 152 cm³/mol. The minimum absolute atomic E-state index is 0.0121. The molecule has 1 N–H and O–H groups in total. The molecule has 4 atom stereocenters. The third-order valence-corrected chi connectivity index (χ3v) is 9.06. The van der Waals surface area contributed by atoms with E-state index in [9.17, 15) is 24.3 Å². The highest BCUT2D eigenvalue weighted by Crippen LogP contribution is 2.62. The lowest BCUT2D eigenvalue weighted by molar-refractivity contribution is -0.124. The highest BCUT2D eigenvalue weighted by atomic mass is 35.5. The predicted octanol–water partition coefficient (Wildman–Crippen LogP) is 3.50. The number of aromatic nitrogens is 3. The zero-order valence-corrected chi connectivity index (χ0v) is 22.7. The molecule has 2 fully saturated rings. The van der Waals surface area contributed by atoms with Gasteiger partial charge in [0.05, 0.1) is 29.6 Å². The highest BCUT2D eigenvalue weighted by Gasteiger charge is 2.68. The molecule has 1 saturated heterocycles. The largest absolute Gasteiger partial charge is 0.508 e. The molecule has 3 aromatic carbocycles. The number of halogens is 1. The normalized spacial score (nSPS) is 25.0. The molecule has 1 aromatic heterocycles. The Bertz CT molecular complexity index is 1910. The Labute approximate surface area is 239 Å². The first-order valence-corrected chi connectivity index (χ1v) is 13.7. The van der Waals surface area contributed by atoms with Crippen LogP contribution in [0, 0.1) is 5.92 Å². The van der Waals surface area contributed by atoms with Gasteiger partial charge < -0.3 is 5.11 Å². The number of phenols is 1. The van der Waals surface area contributed by atoms with Crippen LogP contribution in [-0.2, 0) is 28.6 Å². The summed E-state index contributed by atoms with van der Waals surface area (Å²) in [6, 6.07) is 21.9. The summed E-state index contributed by atoms with van der Waals surface area (Å²) < 4.78 is 3.85. The third kappa shape index (κ3) is 3.35. The summed E-state index contributed by atoms with van der Waals surface area (Å²) in [5.41, 5.74) is 0.0598. The van der Waals surface area contributed by atoms with E-state index in [0.29, 0.717) is 21.8 Å². The van der Waals surface area contributed by atoms with Crippen molar-refractivity contribution >= 4 is 29.1 Å². The molecule has 3 aliphatic rings. The maximum absolute atomic E-state index is 14.9. The first-order chi connectivity index (χ1) is 19.7. The maximum Gasteiger partial charge on any atom is 0.347 e. The van der Waals surface area contributed by atoms with E-state index in [1.807, 2.05) is 42.5 Å². The van der Waals surface area contributed by atoms with Gasteiger partial charge in [0, 0.05) is 18.0 Å².